The molecule has 2 aromatic rings. The van der Waals surface area contributed by atoms with Gasteiger partial charge in [0.1, 0.15) is 0 Å². The number of rotatable bonds is 4. The molecule has 0 aliphatic carbocycles. The van der Waals surface area contributed by atoms with Crippen LogP contribution in [0.3, 0.4) is 0 Å². The van der Waals surface area contributed by atoms with Crippen molar-refractivity contribution in [1.82, 2.24) is 15.3 Å². The number of carbonyl (C=O) groups is 1. The van der Waals surface area contributed by atoms with E-state index in [4.69, 9.17) is 22.1 Å². The standard InChI is InChI=1S/C17H19ClN4O2/c1-10-14(18)15(22-17(19)21-10)11-4-6-12(7-5-11)16(23)20-9-13-3-2-8-24-13/h4-7,13H,2-3,8-9H2,1H3,(H,20,23)(H2,19,21,22)/t13-/m0/s1. The lowest BCUT2D eigenvalue weighted by Crippen LogP contribution is -2.31. The second kappa shape index (κ2) is 7.15. The van der Waals surface area contributed by atoms with Crippen molar-refractivity contribution in [3.05, 3.63) is 40.5 Å². The number of amides is 1. The quantitative estimate of drug-likeness (QED) is 0.888. The van der Waals surface area contributed by atoms with E-state index in [-0.39, 0.29) is 18.0 Å². The largest absolute Gasteiger partial charge is 0.376 e. The first-order valence-electron chi connectivity index (χ1n) is 7.84. The second-order valence-corrected chi connectivity index (χ2v) is 6.13. The predicted molar refractivity (Wildman–Crippen MR) is 92.9 cm³/mol. The van der Waals surface area contributed by atoms with Crippen molar-refractivity contribution in [2.75, 3.05) is 18.9 Å². The third kappa shape index (κ3) is 3.66. The van der Waals surface area contributed by atoms with Gasteiger partial charge in [0.2, 0.25) is 5.95 Å². The summed E-state index contributed by atoms with van der Waals surface area (Å²) in [5.74, 6) is 0.0480. The number of aromatic nitrogens is 2. The Hall–Kier alpha value is -2.18. The lowest BCUT2D eigenvalue weighted by atomic mass is 10.1. The molecule has 0 bridgehead atoms. The average molecular weight is 347 g/mol. The van der Waals surface area contributed by atoms with Crippen molar-refractivity contribution in [2.24, 2.45) is 0 Å². The summed E-state index contributed by atoms with van der Waals surface area (Å²) in [4.78, 5) is 20.4. The lowest BCUT2D eigenvalue weighted by molar-refractivity contribution is 0.0858. The van der Waals surface area contributed by atoms with Crippen LogP contribution in [-0.2, 0) is 4.74 Å². The minimum Gasteiger partial charge on any atom is -0.376 e. The third-order valence-corrected chi connectivity index (χ3v) is 4.42. The van der Waals surface area contributed by atoms with Crippen molar-refractivity contribution < 1.29 is 9.53 Å². The monoisotopic (exact) mass is 346 g/mol. The SMILES string of the molecule is Cc1nc(N)nc(-c2ccc(C(=O)NC[C@@H]3CCCO3)cc2)c1Cl. The number of nitrogens with two attached hydrogens (primary N) is 1. The van der Waals surface area contributed by atoms with E-state index in [0.29, 0.717) is 28.5 Å². The maximum absolute atomic E-state index is 12.2. The summed E-state index contributed by atoms with van der Waals surface area (Å²) < 4.78 is 5.50. The van der Waals surface area contributed by atoms with Crippen LogP contribution in [0, 0.1) is 6.92 Å². The van der Waals surface area contributed by atoms with Gasteiger partial charge in [-0.2, -0.15) is 0 Å². The van der Waals surface area contributed by atoms with Gasteiger partial charge in [-0.15, -0.1) is 0 Å². The second-order valence-electron chi connectivity index (χ2n) is 5.75. The molecule has 7 heteroatoms. The van der Waals surface area contributed by atoms with Crippen LogP contribution in [0.2, 0.25) is 5.02 Å². The van der Waals surface area contributed by atoms with Crippen LogP contribution in [0.15, 0.2) is 24.3 Å². The van der Waals surface area contributed by atoms with Gasteiger partial charge < -0.3 is 15.8 Å². The number of hydrogen-bond acceptors (Lipinski definition) is 5. The minimum absolute atomic E-state index is 0.124. The van der Waals surface area contributed by atoms with Crippen LogP contribution in [0.25, 0.3) is 11.3 Å². The van der Waals surface area contributed by atoms with Crippen molar-refractivity contribution >= 4 is 23.5 Å². The molecular weight excluding hydrogens is 328 g/mol. The molecule has 0 unspecified atom stereocenters. The van der Waals surface area contributed by atoms with Gasteiger partial charge in [-0.25, -0.2) is 9.97 Å². The molecular formula is C17H19ClN4O2. The van der Waals surface area contributed by atoms with E-state index in [1.807, 2.05) is 0 Å². The van der Waals surface area contributed by atoms with E-state index in [2.05, 4.69) is 15.3 Å². The van der Waals surface area contributed by atoms with Crippen molar-refractivity contribution in [1.29, 1.82) is 0 Å². The van der Waals surface area contributed by atoms with E-state index in [1.165, 1.54) is 0 Å². The van der Waals surface area contributed by atoms with Crippen LogP contribution in [-0.4, -0.2) is 35.1 Å². The molecule has 3 N–H and O–H groups in total. The zero-order valence-corrected chi connectivity index (χ0v) is 14.1. The molecule has 1 aliphatic rings. The number of nitrogens with zero attached hydrogens (tertiary/aromatic N) is 2. The number of benzene rings is 1. The Morgan fingerprint density at radius 2 is 2.12 bits per heavy atom. The summed E-state index contributed by atoms with van der Waals surface area (Å²) in [5.41, 5.74) is 8.23. The van der Waals surface area contributed by atoms with Gasteiger partial charge in [-0.1, -0.05) is 23.7 Å². The lowest BCUT2D eigenvalue weighted by Gasteiger charge is -2.11. The maximum Gasteiger partial charge on any atom is 0.251 e. The fraction of sp³-hybridized carbons (Fsp3) is 0.353. The minimum atomic E-state index is -0.124. The van der Waals surface area contributed by atoms with Crippen LogP contribution in [0.4, 0.5) is 5.95 Å². The highest BCUT2D eigenvalue weighted by atomic mass is 35.5. The van der Waals surface area contributed by atoms with Crippen LogP contribution in [0.1, 0.15) is 28.9 Å². The molecule has 1 amide bonds. The Bertz CT molecular complexity index is 743. The summed E-state index contributed by atoms with van der Waals surface area (Å²) in [5, 5.41) is 3.35. The Morgan fingerprint density at radius 3 is 2.79 bits per heavy atom. The number of aryl methyl sites for hydroxylation is 1. The molecule has 2 heterocycles. The van der Waals surface area contributed by atoms with E-state index >= 15 is 0 Å². The highest BCUT2D eigenvalue weighted by Gasteiger charge is 2.17. The van der Waals surface area contributed by atoms with Crippen molar-refractivity contribution in [3.8, 4) is 11.3 Å². The first-order valence-corrected chi connectivity index (χ1v) is 8.22. The number of nitrogens with one attached hydrogen (secondary N) is 1. The summed E-state index contributed by atoms with van der Waals surface area (Å²) in [6.45, 7) is 3.09. The Labute approximate surface area is 145 Å². The van der Waals surface area contributed by atoms with Crippen molar-refractivity contribution in [2.45, 2.75) is 25.9 Å². The molecule has 0 spiro atoms. The zero-order valence-electron chi connectivity index (χ0n) is 13.4. The van der Waals surface area contributed by atoms with Crippen LogP contribution >= 0.6 is 11.6 Å². The molecule has 3 rings (SSSR count). The predicted octanol–water partition coefficient (Wildman–Crippen LogP) is 2.60. The molecule has 1 fully saturated rings. The number of halogens is 1. The first-order chi connectivity index (χ1) is 11.5. The van der Waals surface area contributed by atoms with Gasteiger partial charge in [0, 0.05) is 24.3 Å². The summed E-state index contributed by atoms with van der Waals surface area (Å²) in [6, 6.07) is 7.08. The Kier molecular flexibility index (Phi) is 4.97. The van der Waals surface area contributed by atoms with Gasteiger partial charge in [0.05, 0.1) is 22.5 Å². The molecule has 0 saturated carbocycles. The maximum atomic E-state index is 12.2. The topological polar surface area (TPSA) is 90.1 Å². The van der Waals surface area contributed by atoms with Gasteiger partial charge in [0.25, 0.3) is 5.91 Å². The molecule has 1 aromatic carbocycles. The smallest absolute Gasteiger partial charge is 0.251 e. The number of carbonyl (C=O) groups excluding carboxylic acids is 1. The molecule has 1 saturated heterocycles. The molecule has 126 valence electrons. The number of ether oxygens (including phenoxy) is 1. The van der Waals surface area contributed by atoms with Crippen LogP contribution < -0.4 is 11.1 Å². The van der Waals surface area contributed by atoms with Gasteiger partial charge in [-0.05, 0) is 31.9 Å². The molecule has 1 aliphatic heterocycles. The first kappa shape index (κ1) is 16.7. The van der Waals surface area contributed by atoms with Gasteiger partial charge in [-0.3, -0.25) is 4.79 Å². The van der Waals surface area contributed by atoms with Gasteiger partial charge in [0.15, 0.2) is 0 Å². The number of nitrogen functional groups attached to an aromatic ring is 1. The molecule has 6 nitrogen and oxygen atoms in total. The summed E-state index contributed by atoms with van der Waals surface area (Å²) >= 11 is 6.25. The third-order valence-electron chi connectivity index (χ3n) is 3.97. The average Bonchev–Trinajstić information content (AvgIpc) is 3.09. The normalized spacial score (nSPS) is 17.0. The molecule has 1 atom stereocenters. The highest BCUT2D eigenvalue weighted by molar-refractivity contribution is 6.33. The van der Waals surface area contributed by atoms with Crippen molar-refractivity contribution in [3.63, 3.8) is 0 Å². The number of hydrogen-bond donors (Lipinski definition) is 2. The van der Waals surface area contributed by atoms with E-state index in [1.54, 1.807) is 31.2 Å². The summed E-state index contributed by atoms with van der Waals surface area (Å²) in [6.07, 6.45) is 2.17. The zero-order chi connectivity index (χ0) is 17.1. The Morgan fingerprint density at radius 1 is 1.38 bits per heavy atom. The fourth-order valence-corrected chi connectivity index (χ4v) is 2.86. The molecule has 0 radical (unpaired) electrons. The van der Waals surface area contributed by atoms with Crippen LogP contribution in [0.5, 0.6) is 0 Å². The Balaban J connectivity index is 1.72. The van der Waals surface area contributed by atoms with E-state index in [9.17, 15) is 4.79 Å². The molecule has 24 heavy (non-hydrogen) atoms. The van der Waals surface area contributed by atoms with Gasteiger partial charge >= 0.3 is 0 Å². The summed E-state index contributed by atoms with van der Waals surface area (Å²) in [7, 11) is 0. The fourth-order valence-electron chi connectivity index (χ4n) is 2.67. The molecule has 1 aromatic heterocycles. The van der Waals surface area contributed by atoms with E-state index < -0.39 is 0 Å². The highest BCUT2D eigenvalue weighted by Crippen LogP contribution is 2.28. The van der Waals surface area contributed by atoms with E-state index in [0.717, 1.165) is 25.0 Å². The number of anilines is 1.